The summed E-state index contributed by atoms with van der Waals surface area (Å²) in [4.78, 5) is 8.52. The van der Waals surface area contributed by atoms with Crippen LogP contribution in [0, 0.1) is 0 Å². The molecule has 0 aromatic carbocycles. The van der Waals surface area contributed by atoms with Crippen molar-refractivity contribution in [3.8, 4) is 0 Å². The van der Waals surface area contributed by atoms with E-state index in [1.807, 2.05) is 26.8 Å². The molecule has 0 aliphatic rings. The molecule has 1 aromatic rings. The smallest absolute Gasteiger partial charge is 0.0915 e. The van der Waals surface area contributed by atoms with Crippen molar-refractivity contribution in [3.05, 3.63) is 36.4 Å². The molecule has 0 amide bonds. The topological polar surface area (TPSA) is 25.8 Å². The van der Waals surface area contributed by atoms with Gasteiger partial charge in [-0.05, 0) is 31.9 Å². The molecule has 1 aromatic heterocycles. The van der Waals surface area contributed by atoms with Crippen molar-refractivity contribution in [2.45, 2.75) is 20.8 Å². The van der Waals surface area contributed by atoms with Crippen molar-refractivity contribution < 1.29 is 0 Å². The lowest BCUT2D eigenvalue weighted by molar-refractivity contribution is 1.13. The number of rotatable bonds is 2. The van der Waals surface area contributed by atoms with E-state index in [1.54, 1.807) is 12.4 Å². The lowest BCUT2D eigenvalue weighted by Gasteiger charge is -2.05. The van der Waals surface area contributed by atoms with Gasteiger partial charge in [0.05, 0.1) is 11.4 Å². The van der Waals surface area contributed by atoms with E-state index in [-0.39, 0.29) is 0 Å². The van der Waals surface area contributed by atoms with Gasteiger partial charge in [0.25, 0.3) is 0 Å². The molecule has 0 spiro atoms. The number of hydrogen-bond acceptors (Lipinski definition) is 2. The quantitative estimate of drug-likeness (QED) is 0.689. The average Bonchev–Trinajstić information content (AvgIpc) is 2.16. The van der Waals surface area contributed by atoms with Crippen LogP contribution in [0.25, 0.3) is 11.1 Å². The monoisotopic (exact) mass is 174 g/mol. The molecule has 2 nitrogen and oxygen atoms in total. The Bertz CT molecular complexity index is 351. The van der Waals surface area contributed by atoms with Crippen LogP contribution in [0.4, 0.5) is 0 Å². The Morgan fingerprint density at radius 3 is 2.23 bits per heavy atom. The Labute approximate surface area is 79.0 Å². The molecular weight excluding hydrogens is 160 g/mol. The Morgan fingerprint density at radius 1 is 1.23 bits per heavy atom. The van der Waals surface area contributed by atoms with Crippen LogP contribution in [0.15, 0.2) is 25.0 Å². The first-order valence-electron chi connectivity index (χ1n) is 4.27. The molecule has 0 saturated heterocycles. The molecule has 1 heterocycles. The zero-order chi connectivity index (χ0) is 9.84. The molecule has 0 aliphatic carbocycles. The summed E-state index contributed by atoms with van der Waals surface area (Å²) in [5.41, 5.74) is 3.89. The van der Waals surface area contributed by atoms with E-state index in [1.165, 1.54) is 0 Å². The first-order chi connectivity index (χ1) is 6.16. The molecular formula is C11H14N2. The lowest BCUT2D eigenvalue weighted by atomic mass is 10.1. The average molecular weight is 174 g/mol. The Kier molecular flexibility index (Phi) is 2.96. The molecule has 0 atom stereocenters. The summed E-state index contributed by atoms with van der Waals surface area (Å²) in [7, 11) is 0. The fourth-order valence-electron chi connectivity index (χ4n) is 1.08. The molecule has 0 fully saturated rings. The normalized spacial score (nSPS) is 11.5. The van der Waals surface area contributed by atoms with Crippen LogP contribution >= 0.6 is 0 Å². The Balaban J connectivity index is 3.28. The molecule has 2 heteroatoms. The van der Waals surface area contributed by atoms with E-state index in [2.05, 4.69) is 16.5 Å². The van der Waals surface area contributed by atoms with Crippen LogP contribution < -0.4 is 0 Å². The minimum atomic E-state index is 0.887. The maximum atomic E-state index is 4.28. The fraction of sp³-hybridized carbons (Fsp3) is 0.273. The minimum absolute atomic E-state index is 0.887. The van der Waals surface area contributed by atoms with Gasteiger partial charge in [0.1, 0.15) is 0 Å². The van der Waals surface area contributed by atoms with E-state index < -0.39 is 0 Å². The van der Waals surface area contributed by atoms with Gasteiger partial charge in [-0.25, -0.2) is 0 Å². The van der Waals surface area contributed by atoms with Crippen molar-refractivity contribution in [3.63, 3.8) is 0 Å². The van der Waals surface area contributed by atoms with E-state index in [4.69, 9.17) is 0 Å². The number of hydrogen-bond donors (Lipinski definition) is 0. The number of nitrogens with zero attached hydrogens (tertiary/aromatic N) is 2. The third-order valence-electron chi connectivity index (χ3n) is 1.91. The maximum Gasteiger partial charge on any atom is 0.0915 e. The molecule has 0 N–H and O–H groups in total. The SMILES string of the molecule is C=C(C)c1nccnc1/C(C)=C\C. The molecule has 0 bridgehead atoms. The van der Waals surface area contributed by atoms with Gasteiger partial charge in [0.15, 0.2) is 0 Å². The second kappa shape index (κ2) is 3.99. The zero-order valence-electron chi connectivity index (χ0n) is 8.33. The molecule has 0 aliphatic heterocycles. The zero-order valence-corrected chi connectivity index (χ0v) is 8.33. The van der Waals surface area contributed by atoms with Gasteiger partial charge < -0.3 is 0 Å². The van der Waals surface area contributed by atoms with Crippen LogP contribution in [-0.4, -0.2) is 9.97 Å². The van der Waals surface area contributed by atoms with Crippen LogP contribution in [0.2, 0.25) is 0 Å². The van der Waals surface area contributed by atoms with Crippen LogP contribution in [0.3, 0.4) is 0 Å². The Morgan fingerprint density at radius 2 is 1.77 bits per heavy atom. The molecule has 0 radical (unpaired) electrons. The molecule has 1 rings (SSSR count). The van der Waals surface area contributed by atoms with Crippen LogP contribution in [-0.2, 0) is 0 Å². The summed E-state index contributed by atoms with van der Waals surface area (Å²) in [5.74, 6) is 0. The lowest BCUT2D eigenvalue weighted by Crippen LogP contribution is -1.95. The standard InChI is InChI=1S/C11H14N2/c1-5-9(4)11-10(8(2)3)12-6-7-13-11/h5-7H,2H2,1,3-4H3/b9-5-. The number of allylic oxidation sites excluding steroid dienone is 3. The van der Waals surface area contributed by atoms with Crippen LogP contribution in [0.5, 0.6) is 0 Å². The largest absolute Gasteiger partial charge is 0.253 e. The van der Waals surface area contributed by atoms with Gasteiger partial charge in [-0.2, -0.15) is 0 Å². The molecule has 0 unspecified atom stereocenters. The maximum absolute atomic E-state index is 4.28. The minimum Gasteiger partial charge on any atom is -0.253 e. The summed E-state index contributed by atoms with van der Waals surface area (Å²) in [5, 5.41) is 0. The van der Waals surface area contributed by atoms with Gasteiger partial charge in [-0.1, -0.05) is 12.7 Å². The van der Waals surface area contributed by atoms with E-state index in [0.29, 0.717) is 0 Å². The number of aromatic nitrogens is 2. The summed E-state index contributed by atoms with van der Waals surface area (Å²) in [6, 6.07) is 0. The van der Waals surface area contributed by atoms with Crippen molar-refractivity contribution >= 4 is 11.1 Å². The first-order valence-corrected chi connectivity index (χ1v) is 4.27. The highest BCUT2D eigenvalue weighted by Gasteiger charge is 2.05. The second-order valence-electron chi connectivity index (χ2n) is 3.01. The van der Waals surface area contributed by atoms with E-state index >= 15 is 0 Å². The molecule has 0 saturated carbocycles. The third kappa shape index (κ3) is 2.02. The van der Waals surface area contributed by atoms with Crippen molar-refractivity contribution in [2.24, 2.45) is 0 Å². The predicted molar refractivity (Wildman–Crippen MR) is 56.1 cm³/mol. The molecule has 68 valence electrons. The van der Waals surface area contributed by atoms with Gasteiger partial charge in [-0.3, -0.25) is 9.97 Å². The van der Waals surface area contributed by atoms with Crippen LogP contribution in [0.1, 0.15) is 32.2 Å². The summed E-state index contributed by atoms with van der Waals surface area (Å²) < 4.78 is 0. The summed E-state index contributed by atoms with van der Waals surface area (Å²) in [6.45, 7) is 9.83. The van der Waals surface area contributed by atoms with Gasteiger partial charge in [0.2, 0.25) is 0 Å². The van der Waals surface area contributed by atoms with E-state index in [9.17, 15) is 0 Å². The van der Waals surface area contributed by atoms with E-state index in [0.717, 1.165) is 22.5 Å². The van der Waals surface area contributed by atoms with Crippen molar-refractivity contribution in [1.29, 1.82) is 0 Å². The van der Waals surface area contributed by atoms with Gasteiger partial charge in [-0.15, -0.1) is 0 Å². The third-order valence-corrected chi connectivity index (χ3v) is 1.91. The highest BCUT2D eigenvalue weighted by Crippen LogP contribution is 2.18. The Hall–Kier alpha value is -1.44. The fourth-order valence-corrected chi connectivity index (χ4v) is 1.08. The van der Waals surface area contributed by atoms with Gasteiger partial charge in [0, 0.05) is 12.4 Å². The highest BCUT2D eigenvalue weighted by atomic mass is 14.8. The summed E-state index contributed by atoms with van der Waals surface area (Å²) >= 11 is 0. The van der Waals surface area contributed by atoms with Gasteiger partial charge >= 0.3 is 0 Å². The highest BCUT2D eigenvalue weighted by molar-refractivity contribution is 5.72. The molecule has 13 heavy (non-hydrogen) atoms. The van der Waals surface area contributed by atoms with Crippen molar-refractivity contribution in [1.82, 2.24) is 9.97 Å². The second-order valence-corrected chi connectivity index (χ2v) is 3.01. The van der Waals surface area contributed by atoms with Crippen molar-refractivity contribution in [2.75, 3.05) is 0 Å². The first kappa shape index (κ1) is 9.65. The predicted octanol–water partition coefficient (Wildman–Crippen LogP) is 2.93. The summed E-state index contributed by atoms with van der Waals surface area (Å²) in [6.07, 6.45) is 5.42.